The molecule has 18 heavy (non-hydrogen) atoms. The number of hydrogen-bond acceptors (Lipinski definition) is 4. The fraction of sp³-hybridized carbons (Fsp3) is 0.538. The highest BCUT2D eigenvalue weighted by atomic mass is 79.9. The molecule has 1 aliphatic heterocycles. The molecule has 1 atom stereocenters. The van der Waals surface area contributed by atoms with Crippen molar-refractivity contribution < 1.29 is 14.6 Å². The van der Waals surface area contributed by atoms with Crippen LogP contribution in [0, 0.1) is 0 Å². The summed E-state index contributed by atoms with van der Waals surface area (Å²) >= 11 is 3.51. The summed E-state index contributed by atoms with van der Waals surface area (Å²) in [5.41, 5.74) is 1.10. The van der Waals surface area contributed by atoms with Crippen molar-refractivity contribution in [3.8, 4) is 11.5 Å². The highest BCUT2D eigenvalue weighted by Gasteiger charge is 2.15. The Hall–Kier alpha value is -0.780. The molecule has 1 aromatic rings. The largest absolute Gasteiger partial charge is 0.490 e. The fourth-order valence-corrected chi connectivity index (χ4v) is 2.35. The zero-order valence-electron chi connectivity index (χ0n) is 10.4. The molecule has 0 aromatic heterocycles. The Morgan fingerprint density at radius 1 is 1.39 bits per heavy atom. The Kier molecular flexibility index (Phi) is 4.86. The molecule has 0 aliphatic carbocycles. The number of aliphatic hydroxyl groups is 1. The topological polar surface area (TPSA) is 50.7 Å². The van der Waals surface area contributed by atoms with Crippen LogP contribution in [0.1, 0.15) is 18.9 Å². The maximum absolute atomic E-state index is 8.98. The Bertz CT molecular complexity index is 411. The van der Waals surface area contributed by atoms with E-state index in [2.05, 4.69) is 21.2 Å². The molecular formula is C13H18BrNO3. The third-order valence-corrected chi connectivity index (χ3v) is 3.38. The highest BCUT2D eigenvalue weighted by molar-refractivity contribution is 9.10. The van der Waals surface area contributed by atoms with E-state index < -0.39 is 0 Å². The lowest BCUT2D eigenvalue weighted by molar-refractivity contribution is 0.251. The van der Waals surface area contributed by atoms with Crippen LogP contribution in [0.4, 0.5) is 0 Å². The minimum absolute atomic E-state index is 0.0831. The van der Waals surface area contributed by atoms with Gasteiger partial charge in [0.15, 0.2) is 11.5 Å². The number of hydrogen-bond donors (Lipinski definition) is 2. The van der Waals surface area contributed by atoms with Gasteiger partial charge in [-0.05, 0) is 40.5 Å². The van der Waals surface area contributed by atoms with E-state index in [0.29, 0.717) is 19.8 Å². The van der Waals surface area contributed by atoms with Gasteiger partial charge in [-0.1, -0.05) is 0 Å². The SMILES string of the molecule is C[C@H](CO)NCc1cc(Br)c2c(c1)OCCCO2. The van der Waals surface area contributed by atoms with Crippen molar-refractivity contribution >= 4 is 15.9 Å². The Labute approximate surface area is 115 Å². The minimum atomic E-state index is 0.0831. The molecule has 0 saturated heterocycles. The molecule has 5 heteroatoms. The standard InChI is InChI=1S/C13H18BrNO3/c1-9(8-16)15-7-10-5-11(14)13-12(6-10)17-3-2-4-18-13/h5-6,9,15-16H,2-4,7-8H2,1H3/t9-/m1/s1. The van der Waals surface area contributed by atoms with E-state index in [1.165, 1.54) is 0 Å². The van der Waals surface area contributed by atoms with Crippen molar-refractivity contribution in [2.24, 2.45) is 0 Å². The Balaban J connectivity index is 2.13. The van der Waals surface area contributed by atoms with Gasteiger partial charge in [-0.3, -0.25) is 0 Å². The second kappa shape index (κ2) is 6.41. The van der Waals surface area contributed by atoms with Gasteiger partial charge < -0.3 is 19.9 Å². The molecule has 0 fully saturated rings. The van der Waals surface area contributed by atoms with Crippen LogP contribution in [0.5, 0.6) is 11.5 Å². The summed E-state index contributed by atoms with van der Waals surface area (Å²) in [7, 11) is 0. The van der Waals surface area contributed by atoms with Gasteiger partial charge >= 0.3 is 0 Å². The number of rotatable bonds is 4. The van der Waals surface area contributed by atoms with Crippen LogP contribution in [0.2, 0.25) is 0 Å². The Morgan fingerprint density at radius 3 is 2.94 bits per heavy atom. The van der Waals surface area contributed by atoms with E-state index in [0.717, 1.165) is 28.0 Å². The molecule has 100 valence electrons. The van der Waals surface area contributed by atoms with Crippen molar-refractivity contribution in [2.45, 2.75) is 25.9 Å². The van der Waals surface area contributed by atoms with Crippen molar-refractivity contribution in [1.29, 1.82) is 0 Å². The smallest absolute Gasteiger partial charge is 0.175 e. The summed E-state index contributed by atoms with van der Waals surface area (Å²) in [6, 6.07) is 4.09. The summed E-state index contributed by atoms with van der Waals surface area (Å²) < 4.78 is 12.2. The minimum Gasteiger partial charge on any atom is -0.490 e. The molecule has 1 heterocycles. The first-order valence-corrected chi connectivity index (χ1v) is 6.92. The second-order valence-electron chi connectivity index (χ2n) is 4.42. The lowest BCUT2D eigenvalue weighted by atomic mass is 10.2. The molecule has 4 nitrogen and oxygen atoms in total. The average Bonchev–Trinajstić information content (AvgIpc) is 2.61. The van der Waals surface area contributed by atoms with E-state index in [1.54, 1.807) is 0 Å². The third kappa shape index (κ3) is 3.37. The van der Waals surface area contributed by atoms with E-state index in [-0.39, 0.29) is 12.6 Å². The zero-order chi connectivity index (χ0) is 13.0. The van der Waals surface area contributed by atoms with Gasteiger partial charge in [0.2, 0.25) is 0 Å². The van der Waals surface area contributed by atoms with E-state index in [9.17, 15) is 0 Å². The monoisotopic (exact) mass is 315 g/mol. The molecule has 0 radical (unpaired) electrons. The van der Waals surface area contributed by atoms with Gasteiger partial charge in [0.05, 0.1) is 24.3 Å². The molecule has 0 amide bonds. The molecule has 1 aliphatic rings. The van der Waals surface area contributed by atoms with Gasteiger partial charge in [-0.2, -0.15) is 0 Å². The van der Waals surface area contributed by atoms with Gasteiger partial charge in [0, 0.05) is 19.0 Å². The van der Waals surface area contributed by atoms with Crippen LogP contribution in [0.3, 0.4) is 0 Å². The van der Waals surface area contributed by atoms with Gasteiger partial charge in [0.25, 0.3) is 0 Å². The molecule has 0 spiro atoms. The molecule has 2 rings (SSSR count). The summed E-state index contributed by atoms with van der Waals surface area (Å²) in [6.45, 7) is 4.13. The maximum Gasteiger partial charge on any atom is 0.175 e. The van der Waals surface area contributed by atoms with Crippen LogP contribution in [0.25, 0.3) is 0 Å². The van der Waals surface area contributed by atoms with Crippen LogP contribution in [-0.2, 0) is 6.54 Å². The van der Waals surface area contributed by atoms with Gasteiger partial charge in [0.1, 0.15) is 0 Å². The number of fused-ring (bicyclic) bond motifs is 1. The first kappa shape index (κ1) is 13.6. The predicted octanol–water partition coefficient (Wildman–Crippen LogP) is 2.08. The first-order valence-electron chi connectivity index (χ1n) is 6.13. The summed E-state index contributed by atoms with van der Waals surface area (Å²) in [4.78, 5) is 0. The molecule has 0 unspecified atom stereocenters. The first-order chi connectivity index (χ1) is 8.70. The quantitative estimate of drug-likeness (QED) is 0.893. The Morgan fingerprint density at radius 2 is 2.17 bits per heavy atom. The number of halogens is 1. The lowest BCUT2D eigenvalue weighted by Gasteiger charge is -2.14. The molecule has 0 bridgehead atoms. The van der Waals surface area contributed by atoms with Crippen LogP contribution in [-0.4, -0.2) is 31.0 Å². The van der Waals surface area contributed by atoms with E-state index in [4.69, 9.17) is 14.6 Å². The normalized spacial score (nSPS) is 16.2. The van der Waals surface area contributed by atoms with E-state index >= 15 is 0 Å². The van der Waals surface area contributed by atoms with Crippen molar-refractivity contribution in [2.75, 3.05) is 19.8 Å². The summed E-state index contributed by atoms with van der Waals surface area (Å²) in [6.07, 6.45) is 0.899. The average molecular weight is 316 g/mol. The number of aliphatic hydroxyl groups excluding tert-OH is 1. The van der Waals surface area contributed by atoms with Crippen molar-refractivity contribution in [3.63, 3.8) is 0 Å². The van der Waals surface area contributed by atoms with Gasteiger partial charge in [-0.25, -0.2) is 0 Å². The molecular weight excluding hydrogens is 298 g/mol. The molecule has 2 N–H and O–H groups in total. The van der Waals surface area contributed by atoms with Gasteiger partial charge in [-0.15, -0.1) is 0 Å². The predicted molar refractivity (Wildman–Crippen MR) is 73.1 cm³/mol. The number of ether oxygens (including phenoxy) is 2. The van der Waals surface area contributed by atoms with Crippen molar-refractivity contribution in [1.82, 2.24) is 5.32 Å². The van der Waals surface area contributed by atoms with Crippen molar-refractivity contribution in [3.05, 3.63) is 22.2 Å². The summed E-state index contributed by atoms with van der Waals surface area (Å²) in [5.74, 6) is 1.57. The van der Waals surface area contributed by atoms with Crippen LogP contribution < -0.4 is 14.8 Å². The highest BCUT2D eigenvalue weighted by Crippen LogP contribution is 2.38. The summed E-state index contributed by atoms with van der Waals surface area (Å²) in [5, 5.41) is 12.2. The van der Waals surface area contributed by atoms with Crippen LogP contribution in [0.15, 0.2) is 16.6 Å². The maximum atomic E-state index is 8.98. The van der Waals surface area contributed by atoms with Crippen LogP contribution >= 0.6 is 15.9 Å². The number of benzene rings is 1. The third-order valence-electron chi connectivity index (χ3n) is 2.79. The fourth-order valence-electron chi connectivity index (χ4n) is 1.74. The van der Waals surface area contributed by atoms with E-state index in [1.807, 2.05) is 19.1 Å². The molecule has 0 saturated carbocycles. The number of nitrogens with one attached hydrogen (secondary N) is 1. The second-order valence-corrected chi connectivity index (χ2v) is 5.27. The lowest BCUT2D eigenvalue weighted by Crippen LogP contribution is -2.28. The molecule has 1 aromatic carbocycles. The zero-order valence-corrected chi connectivity index (χ0v) is 12.0.